The van der Waals surface area contributed by atoms with Crippen LogP contribution in [-0.4, -0.2) is 43.2 Å². The van der Waals surface area contributed by atoms with Crippen LogP contribution in [-0.2, 0) is 10.2 Å². The van der Waals surface area contributed by atoms with Crippen LogP contribution in [0.5, 0.6) is 0 Å². The Labute approximate surface area is 112 Å². The Morgan fingerprint density at radius 1 is 0.889 bits per heavy atom. The lowest BCUT2D eigenvalue weighted by atomic mass is 9.94. The van der Waals surface area contributed by atoms with Crippen molar-refractivity contribution in [1.82, 2.24) is 8.61 Å². The van der Waals surface area contributed by atoms with Crippen LogP contribution >= 0.6 is 0 Å². The average Bonchev–Trinajstić information content (AvgIpc) is 2.27. The predicted molar refractivity (Wildman–Crippen MR) is 73.4 cm³/mol. The van der Waals surface area contributed by atoms with Gasteiger partial charge in [0.05, 0.1) is 0 Å². The normalized spacial score (nSPS) is 36.7. The van der Waals surface area contributed by atoms with Crippen molar-refractivity contribution < 1.29 is 8.42 Å². The number of hydrogen-bond donors (Lipinski definition) is 0. The first-order valence-electron chi connectivity index (χ1n) is 7.14. The smallest absolute Gasteiger partial charge is 0.195 e. The Hall–Kier alpha value is -0.130. The largest absolute Gasteiger partial charge is 0.282 e. The summed E-state index contributed by atoms with van der Waals surface area (Å²) < 4.78 is 28.7. The molecule has 2 rings (SSSR count). The summed E-state index contributed by atoms with van der Waals surface area (Å²) in [6, 6.07) is 0. The third-order valence-corrected chi connectivity index (χ3v) is 6.04. The van der Waals surface area contributed by atoms with Crippen molar-refractivity contribution in [3.8, 4) is 0 Å². The molecule has 4 nitrogen and oxygen atoms in total. The van der Waals surface area contributed by atoms with Crippen LogP contribution in [0.15, 0.2) is 0 Å². The van der Waals surface area contributed by atoms with E-state index in [1.807, 2.05) is 0 Å². The minimum Gasteiger partial charge on any atom is -0.195 e. The van der Waals surface area contributed by atoms with E-state index in [1.165, 1.54) is 0 Å². The van der Waals surface area contributed by atoms with Crippen LogP contribution < -0.4 is 0 Å². The summed E-state index contributed by atoms with van der Waals surface area (Å²) in [5.74, 6) is 1.45. The molecule has 0 spiro atoms. The number of rotatable bonds is 2. The van der Waals surface area contributed by atoms with Gasteiger partial charge < -0.3 is 0 Å². The van der Waals surface area contributed by atoms with Gasteiger partial charge in [0.1, 0.15) is 0 Å². The molecule has 2 fully saturated rings. The SMILES string of the molecule is CC1CCCN(S(=O)(=O)N2CC(C)CC(C)C2)C1. The molecular formula is C13H26N2O2S. The first-order chi connectivity index (χ1) is 8.39. The van der Waals surface area contributed by atoms with Crippen molar-refractivity contribution in [3.05, 3.63) is 0 Å². The van der Waals surface area contributed by atoms with Gasteiger partial charge in [0, 0.05) is 26.2 Å². The van der Waals surface area contributed by atoms with Crippen LogP contribution in [0.1, 0.15) is 40.0 Å². The molecule has 0 aromatic rings. The second-order valence-corrected chi connectivity index (χ2v) is 8.30. The van der Waals surface area contributed by atoms with Crippen molar-refractivity contribution in [2.45, 2.75) is 40.0 Å². The summed E-state index contributed by atoms with van der Waals surface area (Å²) in [5, 5.41) is 0. The van der Waals surface area contributed by atoms with E-state index < -0.39 is 10.2 Å². The van der Waals surface area contributed by atoms with Gasteiger partial charge in [-0.05, 0) is 37.0 Å². The van der Waals surface area contributed by atoms with Gasteiger partial charge in [-0.3, -0.25) is 0 Å². The van der Waals surface area contributed by atoms with E-state index in [1.54, 1.807) is 8.61 Å². The second-order valence-electron chi connectivity index (χ2n) is 6.38. The summed E-state index contributed by atoms with van der Waals surface area (Å²) >= 11 is 0. The lowest BCUT2D eigenvalue weighted by Crippen LogP contribution is -2.51. The van der Waals surface area contributed by atoms with Gasteiger partial charge in [-0.15, -0.1) is 0 Å². The molecule has 0 radical (unpaired) electrons. The van der Waals surface area contributed by atoms with Crippen LogP contribution in [0.2, 0.25) is 0 Å². The fraction of sp³-hybridized carbons (Fsp3) is 1.00. The Morgan fingerprint density at radius 3 is 2.00 bits per heavy atom. The Balaban J connectivity index is 2.09. The summed E-state index contributed by atoms with van der Waals surface area (Å²) in [5.41, 5.74) is 0. The molecule has 5 heteroatoms. The molecule has 0 amide bonds. The van der Waals surface area contributed by atoms with E-state index in [4.69, 9.17) is 0 Å². The summed E-state index contributed by atoms with van der Waals surface area (Å²) in [4.78, 5) is 0. The van der Waals surface area contributed by atoms with E-state index in [2.05, 4.69) is 20.8 Å². The van der Waals surface area contributed by atoms with Gasteiger partial charge in [-0.1, -0.05) is 20.8 Å². The summed E-state index contributed by atoms with van der Waals surface area (Å²) in [6.07, 6.45) is 3.29. The van der Waals surface area contributed by atoms with Gasteiger partial charge in [-0.2, -0.15) is 17.0 Å². The molecular weight excluding hydrogens is 248 g/mol. The van der Waals surface area contributed by atoms with Crippen molar-refractivity contribution in [3.63, 3.8) is 0 Å². The van der Waals surface area contributed by atoms with Crippen LogP contribution in [0, 0.1) is 17.8 Å². The lowest BCUT2D eigenvalue weighted by molar-refractivity contribution is 0.196. The monoisotopic (exact) mass is 274 g/mol. The number of nitrogens with zero attached hydrogens (tertiary/aromatic N) is 2. The third-order valence-electron chi connectivity index (χ3n) is 4.11. The van der Waals surface area contributed by atoms with E-state index >= 15 is 0 Å². The summed E-state index contributed by atoms with van der Waals surface area (Å²) in [7, 11) is -3.22. The Bertz CT molecular complexity index is 372. The molecule has 18 heavy (non-hydrogen) atoms. The molecule has 0 aliphatic carbocycles. The highest BCUT2D eigenvalue weighted by atomic mass is 32.2. The molecule has 2 aliphatic heterocycles. The molecule has 3 atom stereocenters. The molecule has 0 N–H and O–H groups in total. The third kappa shape index (κ3) is 3.06. The highest BCUT2D eigenvalue weighted by Gasteiger charge is 2.36. The van der Waals surface area contributed by atoms with Crippen LogP contribution in [0.4, 0.5) is 0 Å². The highest BCUT2D eigenvalue weighted by molar-refractivity contribution is 7.86. The van der Waals surface area contributed by atoms with E-state index in [0.29, 0.717) is 43.9 Å². The predicted octanol–water partition coefficient (Wildman–Crippen LogP) is 1.94. The first kappa shape index (κ1) is 14.3. The maximum absolute atomic E-state index is 12.6. The molecule has 2 heterocycles. The van der Waals surface area contributed by atoms with Gasteiger partial charge in [0.15, 0.2) is 0 Å². The molecule has 3 unspecified atom stereocenters. The maximum Gasteiger partial charge on any atom is 0.282 e. The minimum atomic E-state index is -3.22. The van der Waals surface area contributed by atoms with Gasteiger partial charge in [0.2, 0.25) is 0 Å². The van der Waals surface area contributed by atoms with Gasteiger partial charge in [0.25, 0.3) is 10.2 Å². The fourth-order valence-corrected chi connectivity index (χ4v) is 5.33. The average molecular weight is 274 g/mol. The minimum absolute atomic E-state index is 0.478. The Morgan fingerprint density at radius 2 is 1.44 bits per heavy atom. The van der Waals surface area contributed by atoms with Gasteiger partial charge in [-0.25, -0.2) is 0 Å². The quantitative estimate of drug-likeness (QED) is 0.772. The first-order valence-corrected chi connectivity index (χ1v) is 8.54. The van der Waals surface area contributed by atoms with Crippen molar-refractivity contribution in [2.24, 2.45) is 17.8 Å². The molecule has 0 saturated carbocycles. The zero-order valence-corrected chi connectivity index (χ0v) is 12.6. The van der Waals surface area contributed by atoms with Crippen LogP contribution in [0.3, 0.4) is 0 Å². The zero-order chi connectivity index (χ0) is 13.3. The lowest BCUT2D eigenvalue weighted by Gasteiger charge is -2.39. The van der Waals surface area contributed by atoms with Crippen molar-refractivity contribution in [2.75, 3.05) is 26.2 Å². The second kappa shape index (κ2) is 5.47. The van der Waals surface area contributed by atoms with E-state index in [0.717, 1.165) is 19.3 Å². The van der Waals surface area contributed by atoms with E-state index in [-0.39, 0.29) is 0 Å². The van der Waals surface area contributed by atoms with Gasteiger partial charge >= 0.3 is 0 Å². The molecule has 2 aliphatic rings. The topological polar surface area (TPSA) is 40.6 Å². The summed E-state index contributed by atoms with van der Waals surface area (Å²) in [6.45, 7) is 9.22. The van der Waals surface area contributed by atoms with E-state index in [9.17, 15) is 8.42 Å². The molecule has 2 saturated heterocycles. The zero-order valence-electron chi connectivity index (χ0n) is 11.8. The highest BCUT2D eigenvalue weighted by Crippen LogP contribution is 2.27. The maximum atomic E-state index is 12.6. The molecule has 106 valence electrons. The van der Waals surface area contributed by atoms with Crippen molar-refractivity contribution >= 4 is 10.2 Å². The van der Waals surface area contributed by atoms with Crippen molar-refractivity contribution in [1.29, 1.82) is 0 Å². The fourth-order valence-electron chi connectivity index (χ4n) is 3.31. The number of hydrogen-bond acceptors (Lipinski definition) is 2. The molecule has 0 aromatic carbocycles. The molecule has 0 bridgehead atoms. The number of piperidine rings is 2. The Kier molecular flexibility index (Phi) is 4.34. The standard InChI is InChI=1S/C13H26N2O2S/c1-11-5-4-6-14(8-11)18(16,17)15-9-12(2)7-13(3)10-15/h11-13H,4-10H2,1-3H3. The van der Waals surface area contributed by atoms with Crippen LogP contribution in [0.25, 0.3) is 0 Å². The molecule has 0 aromatic heterocycles.